The van der Waals surface area contributed by atoms with Gasteiger partial charge in [-0.2, -0.15) is 0 Å². The first-order chi connectivity index (χ1) is 13.3. The van der Waals surface area contributed by atoms with Crippen LogP contribution in [-0.2, 0) is 11.2 Å². The summed E-state index contributed by atoms with van der Waals surface area (Å²) in [6.07, 6.45) is 4.60. The Morgan fingerprint density at radius 1 is 0.815 bits per heavy atom. The van der Waals surface area contributed by atoms with Gasteiger partial charge in [0.05, 0.1) is 0 Å². The Bertz CT molecular complexity index is 1050. The maximum absolute atomic E-state index is 12.1. The van der Waals surface area contributed by atoms with E-state index in [1.807, 2.05) is 48.5 Å². The topological polar surface area (TPSA) is 54.9 Å². The number of aromatic nitrogens is 2. The summed E-state index contributed by atoms with van der Waals surface area (Å²) < 4.78 is 0. The molecule has 0 saturated carbocycles. The van der Waals surface area contributed by atoms with Crippen molar-refractivity contribution in [1.29, 1.82) is 0 Å². The van der Waals surface area contributed by atoms with Gasteiger partial charge in [0.2, 0.25) is 11.9 Å². The summed E-state index contributed by atoms with van der Waals surface area (Å²) in [6.45, 7) is 0. The molecule has 0 unspecified atom stereocenters. The van der Waals surface area contributed by atoms with Crippen LogP contribution >= 0.6 is 0 Å². The Kier molecular flexibility index (Phi) is 4.88. The molecule has 4 rings (SSSR count). The van der Waals surface area contributed by atoms with E-state index in [4.69, 9.17) is 0 Å². The zero-order valence-corrected chi connectivity index (χ0v) is 14.8. The fourth-order valence-corrected chi connectivity index (χ4v) is 3.10. The minimum atomic E-state index is -0.0863. The summed E-state index contributed by atoms with van der Waals surface area (Å²) in [5.74, 6) is 0.244. The summed E-state index contributed by atoms with van der Waals surface area (Å²) in [5.41, 5.74) is 3.14. The molecule has 4 heteroatoms. The zero-order valence-electron chi connectivity index (χ0n) is 14.8. The van der Waals surface area contributed by atoms with Crippen molar-refractivity contribution in [2.75, 3.05) is 5.32 Å². The second-order valence-corrected chi connectivity index (χ2v) is 6.36. The lowest BCUT2D eigenvalue weighted by Crippen LogP contribution is -2.14. The molecule has 0 saturated heterocycles. The minimum absolute atomic E-state index is 0.0863. The van der Waals surface area contributed by atoms with Gasteiger partial charge in [-0.05, 0) is 28.3 Å². The smallest absolute Gasteiger partial charge is 0.229 e. The molecule has 0 radical (unpaired) electrons. The number of amides is 1. The average Bonchev–Trinajstić information content (AvgIpc) is 2.73. The van der Waals surface area contributed by atoms with E-state index in [0.717, 1.165) is 22.1 Å². The summed E-state index contributed by atoms with van der Waals surface area (Å²) in [4.78, 5) is 20.8. The molecule has 1 amide bonds. The van der Waals surface area contributed by atoms with Gasteiger partial charge >= 0.3 is 0 Å². The third-order valence-corrected chi connectivity index (χ3v) is 4.49. The Morgan fingerprint density at radius 3 is 2.33 bits per heavy atom. The highest BCUT2D eigenvalue weighted by atomic mass is 16.1. The largest absolute Gasteiger partial charge is 0.295 e. The fraction of sp³-hybridized carbons (Fsp3) is 0.0870. The number of rotatable bonds is 5. The molecular formula is C23H19N3O. The maximum Gasteiger partial charge on any atom is 0.229 e. The lowest BCUT2D eigenvalue weighted by Gasteiger charge is -2.08. The Morgan fingerprint density at radius 2 is 1.52 bits per heavy atom. The highest BCUT2D eigenvalue weighted by Gasteiger charge is 2.07. The highest BCUT2D eigenvalue weighted by Crippen LogP contribution is 2.27. The van der Waals surface area contributed by atoms with Crippen LogP contribution in [0.4, 0.5) is 5.95 Å². The Hall–Kier alpha value is -3.53. The molecule has 1 heterocycles. The van der Waals surface area contributed by atoms with E-state index in [1.54, 1.807) is 12.4 Å². The van der Waals surface area contributed by atoms with Crippen LogP contribution in [0, 0.1) is 0 Å². The normalized spacial score (nSPS) is 10.7. The van der Waals surface area contributed by atoms with E-state index in [0.29, 0.717) is 18.8 Å². The van der Waals surface area contributed by atoms with Crippen molar-refractivity contribution < 1.29 is 4.79 Å². The van der Waals surface area contributed by atoms with Gasteiger partial charge in [-0.1, -0.05) is 72.8 Å². The molecule has 27 heavy (non-hydrogen) atoms. The van der Waals surface area contributed by atoms with Gasteiger partial charge < -0.3 is 0 Å². The first-order valence-electron chi connectivity index (χ1n) is 8.93. The van der Waals surface area contributed by atoms with E-state index in [2.05, 4.69) is 39.6 Å². The second kappa shape index (κ2) is 7.79. The van der Waals surface area contributed by atoms with Crippen LogP contribution in [-0.4, -0.2) is 15.9 Å². The van der Waals surface area contributed by atoms with Gasteiger partial charge in [-0.15, -0.1) is 0 Å². The van der Waals surface area contributed by atoms with Gasteiger partial charge in [-0.3, -0.25) is 10.1 Å². The van der Waals surface area contributed by atoms with Crippen molar-refractivity contribution >= 4 is 22.6 Å². The minimum Gasteiger partial charge on any atom is -0.295 e. The van der Waals surface area contributed by atoms with E-state index >= 15 is 0 Å². The predicted molar refractivity (Wildman–Crippen MR) is 108 cm³/mol. The maximum atomic E-state index is 12.1. The number of nitrogens with one attached hydrogen (secondary N) is 1. The molecule has 0 bridgehead atoms. The van der Waals surface area contributed by atoms with Crippen molar-refractivity contribution in [3.8, 4) is 11.1 Å². The lowest BCUT2D eigenvalue weighted by atomic mass is 10.0. The van der Waals surface area contributed by atoms with E-state index < -0.39 is 0 Å². The van der Waals surface area contributed by atoms with Crippen LogP contribution in [0.3, 0.4) is 0 Å². The van der Waals surface area contributed by atoms with E-state index in [1.165, 1.54) is 5.39 Å². The Labute approximate surface area is 157 Å². The molecule has 1 aromatic heterocycles. The predicted octanol–water partition coefficient (Wildman–Crippen LogP) is 4.87. The number of hydrogen-bond donors (Lipinski definition) is 1. The van der Waals surface area contributed by atoms with Crippen molar-refractivity contribution in [3.05, 3.63) is 90.8 Å². The van der Waals surface area contributed by atoms with Crippen molar-refractivity contribution in [1.82, 2.24) is 9.97 Å². The summed E-state index contributed by atoms with van der Waals surface area (Å²) >= 11 is 0. The summed E-state index contributed by atoms with van der Waals surface area (Å²) in [6, 6.07) is 24.3. The van der Waals surface area contributed by atoms with Gasteiger partial charge in [0.25, 0.3) is 0 Å². The Balaban J connectivity index is 1.45. The molecule has 1 N–H and O–H groups in total. The van der Waals surface area contributed by atoms with Crippen molar-refractivity contribution in [2.24, 2.45) is 0 Å². The van der Waals surface area contributed by atoms with Crippen LogP contribution in [0.5, 0.6) is 0 Å². The summed E-state index contributed by atoms with van der Waals surface area (Å²) in [5, 5.41) is 5.10. The first kappa shape index (κ1) is 16.9. The molecule has 0 fully saturated rings. The van der Waals surface area contributed by atoms with Crippen LogP contribution < -0.4 is 5.32 Å². The van der Waals surface area contributed by atoms with Crippen molar-refractivity contribution in [3.63, 3.8) is 0 Å². The lowest BCUT2D eigenvalue weighted by molar-refractivity contribution is -0.116. The number of anilines is 1. The third kappa shape index (κ3) is 4.01. The highest BCUT2D eigenvalue weighted by molar-refractivity contribution is 5.96. The van der Waals surface area contributed by atoms with Crippen LogP contribution in [0.25, 0.3) is 21.9 Å². The quantitative estimate of drug-likeness (QED) is 0.557. The van der Waals surface area contributed by atoms with Gasteiger partial charge in [0.1, 0.15) is 0 Å². The number of hydrogen-bond acceptors (Lipinski definition) is 3. The molecule has 4 nitrogen and oxygen atoms in total. The molecule has 0 aliphatic carbocycles. The second-order valence-electron chi connectivity index (χ2n) is 6.36. The number of aryl methyl sites for hydroxylation is 1. The molecule has 0 spiro atoms. The zero-order chi connectivity index (χ0) is 18.5. The molecular weight excluding hydrogens is 334 g/mol. The van der Waals surface area contributed by atoms with Crippen molar-refractivity contribution in [2.45, 2.75) is 12.8 Å². The van der Waals surface area contributed by atoms with Gasteiger partial charge in [-0.25, -0.2) is 9.97 Å². The van der Waals surface area contributed by atoms with Gasteiger partial charge in [0, 0.05) is 24.4 Å². The number of carbonyl (C=O) groups is 1. The first-order valence-corrected chi connectivity index (χ1v) is 8.93. The third-order valence-electron chi connectivity index (χ3n) is 4.49. The van der Waals surface area contributed by atoms with E-state index in [9.17, 15) is 4.79 Å². The summed E-state index contributed by atoms with van der Waals surface area (Å²) in [7, 11) is 0. The molecule has 132 valence electrons. The molecule has 0 aliphatic rings. The van der Waals surface area contributed by atoms with Gasteiger partial charge in [0.15, 0.2) is 0 Å². The number of fused-ring (bicyclic) bond motifs is 1. The molecule has 0 atom stereocenters. The average molecular weight is 353 g/mol. The SMILES string of the molecule is O=C(CCc1ccccc1)Nc1ncc(-c2cccc3ccccc23)cn1. The number of carbonyl (C=O) groups excluding carboxylic acids is 1. The number of nitrogens with zero attached hydrogens (tertiary/aromatic N) is 2. The van der Waals surface area contributed by atoms with Crippen LogP contribution in [0.2, 0.25) is 0 Å². The fourth-order valence-electron chi connectivity index (χ4n) is 3.10. The van der Waals surface area contributed by atoms with E-state index in [-0.39, 0.29) is 5.91 Å². The molecule has 3 aromatic carbocycles. The van der Waals surface area contributed by atoms with Crippen LogP contribution in [0.1, 0.15) is 12.0 Å². The molecule has 0 aliphatic heterocycles. The monoisotopic (exact) mass is 353 g/mol. The van der Waals surface area contributed by atoms with Crippen LogP contribution in [0.15, 0.2) is 85.2 Å². The standard InChI is InChI=1S/C23H19N3O/c27-22(14-13-17-7-2-1-3-8-17)26-23-24-15-19(16-25-23)21-12-6-10-18-9-4-5-11-20(18)21/h1-12,15-16H,13-14H2,(H,24,25,26,27). The molecule has 4 aromatic rings. The number of benzene rings is 3.